The van der Waals surface area contributed by atoms with Crippen LogP contribution in [0.2, 0.25) is 0 Å². The maximum atomic E-state index is 13.4. The fourth-order valence-electron chi connectivity index (χ4n) is 1.54. The number of hydrogen-bond donors (Lipinski definition) is 1. The van der Waals surface area contributed by atoms with Crippen LogP contribution in [0.25, 0.3) is 0 Å². The number of carbonyl (C=O) groups is 1. The van der Waals surface area contributed by atoms with Crippen molar-refractivity contribution in [3.63, 3.8) is 0 Å². The third-order valence-electron chi connectivity index (χ3n) is 2.52. The average molecular weight is 309 g/mol. The summed E-state index contributed by atoms with van der Waals surface area (Å²) in [4.78, 5) is 16.8. The van der Waals surface area contributed by atoms with Gasteiger partial charge >= 0.3 is 0 Å². The standard InChI is InChI=1S/C15H13F2NO2S/c16-12-6-7-14(13(17)8-12)21-10-15(19)18-20-9-11-4-2-1-3-5-11/h1-8H,9-10H2,(H,18,19). The van der Waals surface area contributed by atoms with Crippen LogP contribution in [-0.4, -0.2) is 11.7 Å². The molecule has 0 fully saturated rings. The zero-order valence-corrected chi connectivity index (χ0v) is 11.8. The third kappa shape index (κ3) is 5.17. The van der Waals surface area contributed by atoms with Crippen LogP contribution in [-0.2, 0) is 16.2 Å². The highest BCUT2D eigenvalue weighted by atomic mass is 32.2. The topological polar surface area (TPSA) is 38.3 Å². The normalized spacial score (nSPS) is 10.4. The summed E-state index contributed by atoms with van der Waals surface area (Å²) in [7, 11) is 0. The summed E-state index contributed by atoms with van der Waals surface area (Å²) >= 11 is 0.976. The predicted octanol–water partition coefficient (Wildman–Crippen LogP) is 3.30. The second-order valence-electron chi connectivity index (χ2n) is 4.16. The van der Waals surface area contributed by atoms with E-state index in [1.54, 1.807) is 0 Å². The van der Waals surface area contributed by atoms with Gasteiger partial charge in [0.25, 0.3) is 5.91 Å². The Kier molecular flexibility index (Phi) is 5.71. The van der Waals surface area contributed by atoms with Gasteiger partial charge in [0.2, 0.25) is 0 Å². The third-order valence-corrected chi connectivity index (χ3v) is 3.57. The smallest absolute Gasteiger partial charge is 0.253 e. The van der Waals surface area contributed by atoms with Crippen molar-refractivity contribution in [3.05, 3.63) is 65.7 Å². The quantitative estimate of drug-likeness (QED) is 0.657. The van der Waals surface area contributed by atoms with Crippen LogP contribution in [0.3, 0.4) is 0 Å². The first-order chi connectivity index (χ1) is 10.1. The average Bonchev–Trinajstić information content (AvgIpc) is 2.47. The molecule has 0 aromatic heterocycles. The van der Waals surface area contributed by atoms with Crippen molar-refractivity contribution >= 4 is 17.7 Å². The van der Waals surface area contributed by atoms with E-state index in [1.807, 2.05) is 30.3 Å². The molecule has 0 spiro atoms. The Bertz CT molecular complexity index is 608. The van der Waals surface area contributed by atoms with Crippen LogP contribution in [0.1, 0.15) is 5.56 Å². The molecule has 1 N–H and O–H groups in total. The number of rotatable bonds is 6. The highest BCUT2D eigenvalue weighted by Gasteiger charge is 2.08. The van der Waals surface area contributed by atoms with Crippen molar-refractivity contribution in [2.75, 3.05) is 5.75 Å². The number of hydroxylamine groups is 1. The molecule has 6 heteroatoms. The maximum absolute atomic E-state index is 13.4. The second kappa shape index (κ2) is 7.75. The molecule has 2 aromatic rings. The van der Waals surface area contributed by atoms with E-state index in [0.717, 1.165) is 29.5 Å². The van der Waals surface area contributed by atoms with Crippen molar-refractivity contribution < 1.29 is 18.4 Å². The molecular formula is C15H13F2NO2S. The Morgan fingerprint density at radius 1 is 1.14 bits per heavy atom. The number of carbonyl (C=O) groups excluding carboxylic acids is 1. The Morgan fingerprint density at radius 2 is 1.90 bits per heavy atom. The van der Waals surface area contributed by atoms with Crippen molar-refractivity contribution in [1.82, 2.24) is 5.48 Å². The van der Waals surface area contributed by atoms with Gasteiger partial charge < -0.3 is 0 Å². The van der Waals surface area contributed by atoms with E-state index in [4.69, 9.17) is 4.84 Å². The van der Waals surface area contributed by atoms with Crippen LogP contribution in [0, 0.1) is 11.6 Å². The van der Waals surface area contributed by atoms with Crippen molar-refractivity contribution in [2.24, 2.45) is 0 Å². The van der Waals surface area contributed by atoms with E-state index in [9.17, 15) is 13.6 Å². The van der Waals surface area contributed by atoms with Gasteiger partial charge in [-0.25, -0.2) is 14.3 Å². The van der Waals surface area contributed by atoms with Crippen LogP contribution in [0.15, 0.2) is 53.4 Å². The van der Waals surface area contributed by atoms with Gasteiger partial charge in [0.1, 0.15) is 11.6 Å². The molecule has 110 valence electrons. The van der Waals surface area contributed by atoms with Crippen LogP contribution < -0.4 is 5.48 Å². The largest absolute Gasteiger partial charge is 0.272 e. The van der Waals surface area contributed by atoms with Gasteiger partial charge in [0.05, 0.1) is 12.4 Å². The van der Waals surface area contributed by atoms with Crippen molar-refractivity contribution in [3.8, 4) is 0 Å². The fourth-order valence-corrected chi connectivity index (χ4v) is 2.25. The molecule has 2 rings (SSSR count). The number of amides is 1. The van der Waals surface area contributed by atoms with E-state index in [0.29, 0.717) is 0 Å². The molecule has 0 aliphatic carbocycles. The second-order valence-corrected chi connectivity index (χ2v) is 5.18. The zero-order chi connectivity index (χ0) is 15.1. The van der Waals surface area contributed by atoms with Gasteiger partial charge in [-0.15, -0.1) is 11.8 Å². The molecule has 0 saturated carbocycles. The summed E-state index contributed by atoms with van der Waals surface area (Å²) in [6.45, 7) is 0.252. The molecular weight excluding hydrogens is 296 g/mol. The number of benzene rings is 2. The van der Waals surface area contributed by atoms with Gasteiger partial charge in [0.15, 0.2) is 0 Å². The Hall–Kier alpha value is -1.92. The molecule has 0 radical (unpaired) electrons. The number of thioether (sulfide) groups is 1. The van der Waals surface area contributed by atoms with Gasteiger partial charge in [-0.1, -0.05) is 30.3 Å². The first-order valence-electron chi connectivity index (χ1n) is 6.17. The van der Waals surface area contributed by atoms with Crippen LogP contribution in [0.4, 0.5) is 8.78 Å². The lowest BCUT2D eigenvalue weighted by Crippen LogP contribution is -2.25. The molecule has 0 aliphatic heterocycles. The number of nitrogens with one attached hydrogen (secondary N) is 1. The molecule has 0 saturated heterocycles. The van der Waals surface area contributed by atoms with E-state index in [-0.39, 0.29) is 23.2 Å². The summed E-state index contributed by atoms with van der Waals surface area (Å²) in [5.74, 6) is -1.73. The summed E-state index contributed by atoms with van der Waals surface area (Å²) in [5.41, 5.74) is 3.20. The van der Waals surface area contributed by atoms with E-state index >= 15 is 0 Å². The predicted molar refractivity (Wildman–Crippen MR) is 76.5 cm³/mol. The first-order valence-corrected chi connectivity index (χ1v) is 7.16. The van der Waals surface area contributed by atoms with E-state index in [1.165, 1.54) is 6.07 Å². The van der Waals surface area contributed by atoms with Gasteiger partial charge in [0, 0.05) is 11.0 Å². The van der Waals surface area contributed by atoms with Crippen LogP contribution in [0.5, 0.6) is 0 Å². The van der Waals surface area contributed by atoms with E-state index in [2.05, 4.69) is 5.48 Å². The lowest BCUT2D eigenvalue weighted by Gasteiger charge is -2.06. The summed E-state index contributed by atoms with van der Waals surface area (Å²) < 4.78 is 26.1. The highest BCUT2D eigenvalue weighted by Crippen LogP contribution is 2.21. The van der Waals surface area contributed by atoms with Gasteiger partial charge in [-0.3, -0.25) is 9.63 Å². The van der Waals surface area contributed by atoms with Crippen LogP contribution >= 0.6 is 11.8 Å². The number of hydrogen-bond acceptors (Lipinski definition) is 3. The minimum absolute atomic E-state index is 0.0165. The monoisotopic (exact) mass is 309 g/mol. The van der Waals surface area contributed by atoms with E-state index < -0.39 is 11.6 Å². The number of halogens is 2. The Labute approximate surface area is 125 Å². The summed E-state index contributed by atoms with van der Waals surface area (Å²) in [5, 5.41) is 0. The molecule has 1 amide bonds. The minimum atomic E-state index is -0.682. The van der Waals surface area contributed by atoms with Crippen molar-refractivity contribution in [1.29, 1.82) is 0 Å². The Balaban J connectivity index is 1.72. The summed E-state index contributed by atoms with van der Waals surface area (Å²) in [6, 6.07) is 12.6. The molecule has 0 atom stereocenters. The lowest BCUT2D eigenvalue weighted by molar-refractivity contribution is -0.131. The van der Waals surface area contributed by atoms with Gasteiger partial charge in [-0.05, 0) is 17.7 Å². The Morgan fingerprint density at radius 3 is 2.62 bits per heavy atom. The zero-order valence-electron chi connectivity index (χ0n) is 11.0. The fraction of sp³-hybridized carbons (Fsp3) is 0.133. The summed E-state index contributed by atoms with van der Waals surface area (Å²) in [6.07, 6.45) is 0. The molecule has 2 aromatic carbocycles. The maximum Gasteiger partial charge on any atom is 0.253 e. The molecule has 21 heavy (non-hydrogen) atoms. The molecule has 0 unspecified atom stereocenters. The lowest BCUT2D eigenvalue weighted by atomic mass is 10.2. The van der Waals surface area contributed by atoms with Gasteiger partial charge in [-0.2, -0.15) is 0 Å². The molecule has 3 nitrogen and oxygen atoms in total. The first kappa shape index (κ1) is 15.5. The molecule has 0 heterocycles. The molecule has 0 aliphatic rings. The SMILES string of the molecule is O=C(CSc1ccc(F)cc1F)NOCc1ccccc1. The highest BCUT2D eigenvalue weighted by molar-refractivity contribution is 8.00. The molecule has 0 bridgehead atoms. The minimum Gasteiger partial charge on any atom is -0.272 e. The van der Waals surface area contributed by atoms with Crippen molar-refractivity contribution in [2.45, 2.75) is 11.5 Å².